The predicted octanol–water partition coefficient (Wildman–Crippen LogP) is 2.02. The third-order valence-corrected chi connectivity index (χ3v) is 4.25. The van der Waals surface area contributed by atoms with Crippen LogP contribution in [0.4, 0.5) is 0 Å². The molecule has 20 heavy (non-hydrogen) atoms. The molecule has 3 N–H and O–H groups in total. The van der Waals surface area contributed by atoms with E-state index in [1.807, 2.05) is 0 Å². The monoisotopic (exact) mass is 273 g/mol. The molecule has 1 aromatic rings. The van der Waals surface area contributed by atoms with Gasteiger partial charge < -0.3 is 15.8 Å². The second-order valence-electron chi connectivity index (χ2n) is 5.78. The van der Waals surface area contributed by atoms with Crippen LogP contribution in [0, 0.1) is 0 Å². The molecule has 0 radical (unpaired) electrons. The summed E-state index contributed by atoms with van der Waals surface area (Å²) in [6, 6.07) is 11.1. The van der Waals surface area contributed by atoms with Crippen molar-refractivity contribution in [3.05, 3.63) is 35.9 Å². The lowest BCUT2D eigenvalue weighted by atomic mass is 9.76. The molecule has 0 aromatic heterocycles. The molecule has 0 amide bonds. The van der Waals surface area contributed by atoms with Gasteiger partial charge in [-0.15, -0.1) is 0 Å². The van der Waals surface area contributed by atoms with E-state index in [9.17, 15) is 0 Å². The lowest BCUT2D eigenvalue weighted by molar-refractivity contribution is 0.117. The van der Waals surface area contributed by atoms with E-state index in [0.29, 0.717) is 24.5 Å². The maximum absolute atomic E-state index is 5.93. The Morgan fingerprint density at radius 1 is 1.30 bits per heavy atom. The standard InChI is InChI=1S/C16H23N3O/c17-16(18-11-15-7-4-8-20-15)19-14-9-13(10-14)12-5-2-1-3-6-12/h1-3,5-6,13-15H,4,7-11H2,(H3,17,18,19). The molecule has 4 heteroatoms. The minimum atomic E-state index is 0.272. The van der Waals surface area contributed by atoms with Gasteiger partial charge in [-0.1, -0.05) is 30.3 Å². The SMILES string of the molecule is NC(=NCC1CCCO1)NC1CC(c2ccccc2)C1. The Labute approximate surface area is 120 Å². The first-order valence-corrected chi connectivity index (χ1v) is 7.54. The number of nitrogens with zero attached hydrogens (tertiary/aromatic N) is 1. The summed E-state index contributed by atoms with van der Waals surface area (Å²) in [6.07, 6.45) is 4.81. The highest BCUT2D eigenvalue weighted by Crippen LogP contribution is 2.36. The third kappa shape index (κ3) is 3.31. The van der Waals surface area contributed by atoms with E-state index < -0.39 is 0 Å². The number of hydrogen-bond donors (Lipinski definition) is 2. The summed E-state index contributed by atoms with van der Waals surface area (Å²) < 4.78 is 5.53. The second kappa shape index (κ2) is 6.27. The van der Waals surface area contributed by atoms with Crippen LogP contribution < -0.4 is 11.1 Å². The predicted molar refractivity (Wildman–Crippen MR) is 80.8 cm³/mol. The Balaban J connectivity index is 1.40. The van der Waals surface area contributed by atoms with E-state index >= 15 is 0 Å². The van der Waals surface area contributed by atoms with Crippen LogP contribution in [0.1, 0.15) is 37.2 Å². The summed E-state index contributed by atoms with van der Waals surface area (Å²) in [5.41, 5.74) is 7.36. The van der Waals surface area contributed by atoms with E-state index in [0.717, 1.165) is 32.3 Å². The molecule has 1 atom stereocenters. The molecule has 1 unspecified atom stereocenters. The Hall–Kier alpha value is -1.55. The first-order chi connectivity index (χ1) is 9.81. The van der Waals surface area contributed by atoms with Crippen molar-refractivity contribution in [3.8, 4) is 0 Å². The largest absolute Gasteiger partial charge is 0.376 e. The van der Waals surface area contributed by atoms with Crippen molar-refractivity contribution >= 4 is 5.96 Å². The van der Waals surface area contributed by atoms with Gasteiger partial charge in [-0.3, -0.25) is 4.99 Å². The highest BCUT2D eigenvalue weighted by Gasteiger charge is 2.30. The number of ether oxygens (including phenoxy) is 1. The minimum Gasteiger partial charge on any atom is -0.376 e. The summed E-state index contributed by atoms with van der Waals surface area (Å²) in [5.74, 6) is 1.23. The van der Waals surface area contributed by atoms with Crippen molar-refractivity contribution in [2.24, 2.45) is 10.7 Å². The Bertz CT molecular complexity index is 448. The Kier molecular flexibility index (Phi) is 4.21. The fourth-order valence-corrected chi connectivity index (χ4v) is 2.98. The maximum Gasteiger partial charge on any atom is 0.188 e. The quantitative estimate of drug-likeness (QED) is 0.652. The van der Waals surface area contributed by atoms with Crippen molar-refractivity contribution < 1.29 is 4.74 Å². The number of hydrogen-bond acceptors (Lipinski definition) is 2. The highest BCUT2D eigenvalue weighted by molar-refractivity contribution is 5.78. The van der Waals surface area contributed by atoms with Gasteiger partial charge in [-0.25, -0.2) is 0 Å². The summed E-state index contributed by atoms with van der Waals surface area (Å²) in [7, 11) is 0. The zero-order valence-electron chi connectivity index (χ0n) is 11.8. The second-order valence-corrected chi connectivity index (χ2v) is 5.78. The lowest BCUT2D eigenvalue weighted by Crippen LogP contribution is -2.46. The number of nitrogens with one attached hydrogen (secondary N) is 1. The summed E-state index contributed by atoms with van der Waals surface area (Å²) in [6.45, 7) is 1.56. The summed E-state index contributed by atoms with van der Waals surface area (Å²) in [5, 5.41) is 3.31. The fraction of sp³-hybridized carbons (Fsp3) is 0.562. The molecule has 2 aliphatic rings. The van der Waals surface area contributed by atoms with Gasteiger partial charge in [-0.2, -0.15) is 0 Å². The average molecular weight is 273 g/mol. The van der Waals surface area contributed by atoms with E-state index in [1.165, 1.54) is 5.56 Å². The maximum atomic E-state index is 5.93. The van der Waals surface area contributed by atoms with Gasteiger partial charge in [0.2, 0.25) is 0 Å². The fourth-order valence-electron chi connectivity index (χ4n) is 2.98. The van der Waals surface area contributed by atoms with Gasteiger partial charge in [-0.05, 0) is 37.2 Å². The molecule has 1 aliphatic heterocycles. The zero-order chi connectivity index (χ0) is 13.8. The van der Waals surface area contributed by atoms with Crippen LogP contribution >= 0.6 is 0 Å². The van der Waals surface area contributed by atoms with Gasteiger partial charge in [0.15, 0.2) is 5.96 Å². The molecule has 1 heterocycles. The van der Waals surface area contributed by atoms with Crippen LogP contribution in [0.2, 0.25) is 0 Å². The zero-order valence-corrected chi connectivity index (χ0v) is 11.8. The Morgan fingerprint density at radius 2 is 2.10 bits per heavy atom. The highest BCUT2D eigenvalue weighted by atomic mass is 16.5. The lowest BCUT2D eigenvalue weighted by Gasteiger charge is -2.36. The van der Waals surface area contributed by atoms with Gasteiger partial charge in [0.1, 0.15) is 0 Å². The van der Waals surface area contributed by atoms with E-state index in [4.69, 9.17) is 10.5 Å². The first-order valence-electron chi connectivity index (χ1n) is 7.54. The van der Waals surface area contributed by atoms with E-state index in [-0.39, 0.29) is 6.10 Å². The van der Waals surface area contributed by atoms with Crippen LogP contribution in [0.25, 0.3) is 0 Å². The van der Waals surface area contributed by atoms with Crippen LogP contribution in [-0.4, -0.2) is 31.3 Å². The Morgan fingerprint density at radius 3 is 2.80 bits per heavy atom. The van der Waals surface area contributed by atoms with Gasteiger partial charge in [0, 0.05) is 12.6 Å². The van der Waals surface area contributed by atoms with Crippen LogP contribution in [0.15, 0.2) is 35.3 Å². The van der Waals surface area contributed by atoms with Crippen molar-refractivity contribution in [2.45, 2.75) is 43.7 Å². The van der Waals surface area contributed by atoms with E-state index in [1.54, 1.807) is 0 Å². The van der Waals surface area contributed by atoms with Gasteiger partial charge in [0.05, 0.1) is 12.6 Å². The normalized spacial score (nSPS) is 30.0. The number of benzene rings is 1. The van der Waals surface area contributed by atoms with Crippen LogP contribution in [0.3, 0.4) is 0 Å². The van der Waals surface area contributed by atoms with Crippen molar-refractivity contribution in [2.75, 3.05) is 13.2 Å². The molecule has 108 valence electrons. The summed E-state index contributed by atoms with van der Waals surface area (Å²) >= 11 is 0. The molecular formula is C16H23N3O. The molecule has 3 rings (SSSR count). The number of nitrogens with two attached hydrogens (primary N) is 1. The van der Waals surface area contributed by atoms with E-state index in [2.05, 4.69) is 40.6 Å². The number of guanidine groups is 1. The number of aliphatic imine (C=N–C) groups is 1. The third-order valence-electron chi connectivity index (χ3n) is 4.25. The van der Waals surface area contributed by atoms with Crippen LogP contribution in [0.5, 0.6) is 0 Å². The number of rotatable bonds is 4. The van der Waals surface area contributed by atoms with Crippen molar-refractivity contribution in [1.29, 1.82) is 0 Å². The molecule has 0 bridgehead atoms. The average Bonchev–Trinajstić information content (AvgIpc) is 2.94. The smallest absolute Gasteiger partial charge is 0.188 e. The molecule has 2 fully saturated rings. The first kappa shape index (κ1) is 13.4. The topological polar surface area (TPSA) is 59.6 Å². The minimum absolute atomic E-state index is 0.272. The van der Waals surface area contributed by atoms with Crippen LogP contribution in [-0.2, 0) is 4.74 Å². The van der Waals surface area contributed by atoms with Crippen molar-refractivity contribution in [1.82, 2.24) is 5.32 Å². The molecule has 4 nitrogen and oxygen atoms in total. The van der Waals surface area contributed by atoms with Gasteiger partial charge in [0.25, 0.3) is 0 Å². The molecule has 1 saturated carbocycles. The molecule has 1 aliphatic carbocycles. The summed E-state index contributed by atoms with van der Waals surface area (Å²) in [4.78, 5) is 4.38. The molecular weight excluding hydrogens is 250 g/mol. The van der Waals surface area contributed by atoms with Gasteiger partial charge >= 0.3 is 0 Å². The van der Waals surface area contributed by atoms with Crippen molar-refractivity contribution in [3.63, 3.8) is 0 Å². The molecule has 1 aromatic carbocycles. The molecule has 0 spiro atoms. The molecule has 1 saturated heterocycles.